The van der Waals surface area contributed by atoms with Crippen LogP contribution in [0.15, 0.2) is 24.3 Å². The van der Waals surface area contributed by atoms with Gasteiger partial charge < -0.3 is 20.1 Å². The molecule has 4 N–H and O–H groups in total. The van der Waals surface area contributed by atoms with Crippen molar-refractivity contribution in [1.29, 1.82) is 0 Å². The Labute approximate surface area is 152 Å². The van der Waals surface area contributed by atoms with Gasteiger partial charge >= 0.3 is 6.09 Å². The maximum atomic E-state index is 12.5. The summed E-state index contributed by atoms with van der Waals surface area (Å²) in [6, 6.07) is 6.71. The van der Waals surface area contributed by atoms with Crippen LogP contribution in [0, 0.1) is 0 Å². The number of nitrogens with one attached hydrogen (secondary N) is 3. The van der Waals surface area contributed by atoms with Crippen LogP contribution >= 0.6 is 0 Å². The van der Waals surface area contributed by atoms with Crippen LogP contribution < -0.4 is 16.2 Å². The molecule has 3 rings (SSSR count). The van der Waals surface area contributed by atoms with E-state index in [1.807, 2.05) is 12.1 Å². The monoisotopic (exact) mass is 362 g/mol. The Kier molecular flexibility index (Phi) is 5.95. The number of amides is 2. The molecule has 2 heterocycles. The van der Waals surface area contributed by atoms with E-state index in [-0.39, 0.29) is 35.9 Å². The summed E-state index contributed by atoms with van der Waals surface area (Å²) < 4.78 is 5.00. The van der Waals surface area contributed by atoms with Crippen molar-refractivity contribution in [2.24, 2.45) is 0 Å². The highest BCUT2D eigenvalue weighted by Crippen LogP contribution is 2.29. The second-order valence-electron chi connectivity index (χ2n) is 6.66. The lowest BCUT2D eigenvalue weighted by molar-refractivity contribution is -0.123. The minimum absolute atomic E-state index is 0.0548. The van der Waals surface area contributed by atoms with Crippen molar-refractivity contribution in [3.05, 3.63) is 29.8 Å². The average Bonchev–Trinajstić information content (AvgIpc) is 3.13. The fourth-order valence-corrected chi connectivity index (χ4v) is 3.44. The van der Waals surface area contributed by atoms with Crippen LogP contribution in [0.2, 0.25) is 0 Å². The van der Waals surface area contributed by atoms with Gasteiger partial charge in [-0.25, -0.2) is 15.6 Å². The summed E-state index contributed by atoms with van der Waals surface area (Å²) >= 11 is 0. The van der Waals surface area contributed by atoms with Crippen LogP contribution in [0.4, 0.5) is 4.79 Å². The molecule has 2 fully saturated rings. The van der Waals surface area contributed by atoms with E-state index in [1.54, 1.807) is 24.0 Å². The quantitative estimate of drug-likeness (QED) is 0.638. The summed E-state index contributed by atoms with van der Waals surface area (Å²) in [7, 11) is 0. The van der Waals surface area contributed by atoms with Gasteiger partial charge in [-0.3, -0.25) is 4.79 Å². The Morgan fingerprint density at radius 2 is 2.00 bits per heavy atom. The number of carbonyl (C=O) groups is 2. The molecule has 142 valence electrons. The molecule has 0 spiro atoms. The molecular weight excluding hydrogens is 336 g/mol. The molecule has 0 aromatic heterocycles. The fraction of sp³-hybridized carbons (Fsp3) is 0.556. The first-order valence-corrected chi connectivity index (χ1v) is 9.09. The zero-order valence-electron chi connectivity index (χ0n) is 14.9. The Bertz CT molecular complexity index is 646. The highest BCUT2D eigenvalue weighted by Gasteiger charge is 2.33. The number of aromatic hydroxyl groups is 1. The molecule has 2 aliphatic heterocycles. The molecule has 0 aliphatic carbocycles. The van der Waals surface area contributed by atoms with Crippen LogP contribution in [0.1, 0.15) is 37.8 Å². The highest BCUT2D eigenvalue weighted by atomic mass is 16.6. The molecule has 26 heavy (non-hydrogen) atoms. The minimum atomic E-state index is -0.359. The minimum Gasteiger partial charge on any atom is -0.508 e. The lowest BCUT2D eigenvalue weighted by Crippen LogP contribution is -2.51. The van der Waals surface area contributed by atoms with E-state index < -0.39 is 0 Å². The fourth-order valence-electron chi connectivity index (χ4n) is 3.44. The standard InChI is InChI=1S/C18H26N4O4/c1-2-26-18(25)22-9-7-12(8-10-22)19-17(24)15-11-14(20-21-15)13-5-3-4-6-16(13)23/h3-6,12,14-15,20-21,23H,2,7-11H2,1H3,(H,19,24). The molecular formula is C18H26N4O4. The molecule has 0 bridgehead atoms. The van der Waals surface area contributed by atoms with Crippen molar-refractivity contribution in [2.75, 3.05) is 19.7 Å². The molecule has 8 heteroatoms. The van der Waals surface area contributed by atoms with Crippen molar-refractivity contribution < 1.29 is 19.4 Å². The van der Waals surface area contributed by atoms with E-state index in [0.717, 1.165) is 5.56 Å². The number of rotatable bonds is 4. The zero-order valence-corrected chi connectivity index (χ0v) is 14.9. The molecule has 2 amide bonds. The summed E-state index contributed by atoms with van der Waals surface area (Å²) in [5, 5.41) is 13.0. The highest BCUT2D eigenvalue weighted by molar-refractivity contribution is 5.82. The van der Waals surface area contributed by atoms with Crippen molar-refractivity contribution in [3.8, 4) is 5.75 Å². The number of benzene rings is 1. The first-order chi connectivity index (χ1) is 12.6. The largest absolute Gasteiger partial charge is 0.508 e. The van der Waals surface area contributed by atoms with Crippen molar-refractivity contribution in [1.82, 2.24) is 21.1 Å². The van der Waals surface area contributed by atoms with E-state index in [9.17, 15) is 14.7 Å². The predicted molar refractivity (Wildman–Crippen MR) is 95.3 cm³/mol. The number of hydrazine groups is 1. The number of nitrogens with zero attached hydrogens (tertiary/aromatic N) is 1. The second kappa shape index (κ2) is 8.37. The molecule has 2 aliphatic rings. The van der Waals surface area contributed by atoms with Crippen LogP contribution in [0.5, 0.6) is 5.75 Å². The van der Waals surface area contributed by atoms with Gasteiger partial charge in [0.2, 0.25) is 5.91 Å². The van der Waals surface area contributed by atoms with Gasteiger partial charge in [-0.1, -0.05) is 18.2 Å². The van der Waals surface area contributed by atoms with E-state index in [1.165, 1.54) is 0 Å². The van der Waals surface area contributed by atoms with Crippen LogP contribution in [0.3, 0.4) is 0 Å². The third-order valence-corrected chi connectivity index (χ3v) is 4.90. The van der Waals surface area contributed by atoms with Gasteiger partial charge in [0.15, 0.2) is 0 Å². The maximum absolute atomic E-state index is 12.5. The van der Waals surface area contributed by atoms with Gasteiger partial charge in [-0.05, 0) is 32.3 Å². The van der Waals surface area contributed by atoms with Gasteiger partial charge in [-0.2, -0.15) is 0 Å². The first-order valence-electron chi connectivity index (χ1n) is 9.09. The molecule has 2 atom stereocenters. The zero-order chi connectivity index (χ0) is 18.5. The number of ether oxygens (including phenoxy) is 1. The third-order valence-electron chi connectivity index (χ3n) is 4.90. The topological polar surface area (TPSA) is 103 Å². The number of likely N-dealkylation sites (tertiary alicyclic amines) is 1. The number of phenols is 1. The molecule has 8 nitrogen and oxygen atoms in total. The third kappa shape index (κ3) is 4.25. The molecule has 0 radical (unpaired) electrons. The van der Waals surface area contributed by atoms with Crippen molar-refractivity contribution >= 4 is 12.0 Å². The Balaban J connectivity index is 1.46. The summed E-state index contributed by atoms with van der Waals surface area (Å²) in [6.45, 7) is 3.32. The number of para-hydroxylation sites is 1. The average molecular weight is 362 g/mol. The van der Waals surface area contributed by atoms with Crippen LogP contribution in [0.25, 0.3) is 0 Å². The molecule has 1 aromatic carbocycles. The number of hydrogen-bond donors (Lipinski definition) is 4. The van der Waals surface area contributed by atoms with Crippen molar-refractivity contribution in [2.45, 2.75) is 44.3 Å². The normalized spacial score (nSPS) is 23.7. The van der Waals surface area contributed by atoms with Gasteiger partial charge in [0.05, 0.1) is 12.6 Å². The second-order valence-corrected chi connectivity index (χ2v) is 6.66. The summed E-state index contributed by atoms with van der Waals surface area (Å²) in [5.41, 5.74) is 6.86. The van der Waals surface area contributed by atoms with Gasteiger partial charge in [0, 0.05) is 24.7 Å². The smallest absolute Gasteiger partial charge is 0.409 e. The lowest BCUT2D eigenvalue weighted by atomic mass is 10.00. The molecule has 2 saturated heterocycles. The van der Waals surface area contributed by atoms with E-state index in [0.29, 0.717) is 39.0 Å². The summed E-state index contributed by atoms with van der Waals surface area (Å²) in [4.78, 5) is 25.9. The van der Waals surface area contributed by atoms with Gasteiger partial charge in [0.1, 0.15) is 11.8 Å². The Morgan fingerprint density at radius 1 is 1.27 bits per heavy atom. The summed E-state index contributed by atoms with van der Waals surface area (Å²) in [6.07, 6.45) is 1.70. The van der Waals surface area contributed by atoms with Crippen LogP contribution in [-0.2, 0) is 9.53 Å². The van der Waals surface area contributed by atoms with Gasteiger partial charge in [0.25, 0.3) is 0 Å². The first kappa shape index (κ1) is 18.5. The Hall–Kier alpha value is -2.32. The van der Waals surface area contributed by atoms with E-state index in [2.05, 4.69) is 16.2 Å². The van der Waals surface area contributed by atoms with Gasteiger partial charge in [-0.15, -0.1) is 0 Å². The number of piperidine rings is 1. The molecule has 0 saturated carbocycles. The number of phenolic OH excluding ortho intramolecular Hbond substituents is 1. The SMILES string of the molecule is CCOC(=O)N1CCC(NC(=O)C2CC(c3ccccc3O)NN2)CC1. The predicted octanol–water partition coefficient (Wildman–Crippen LogP) is 1.04. The summed E-state index contributed by atoms with van der Waals surface area (Å²) in [5.74, 6) is 0.157. The molecule has 2 unspecified atom stereocenters. The number of carbonyl (C=O) groups excluding carboxylic acids is 2. The van der Waals surface area contributed by atoms with E-state index in [4.69, 9.17) is 4.74 Å². The molecule has 1 aromatic rings. The van der Waals surface area contributed by atoms with Crippen molar-refractivity contribution in [3.63, 3.8) is 0 Å². The Morgan fingerprint density at radius 3 is 2.69 bits per heavy atom. The van der Waals surface area contributed by atoms with E-state index >= 15 is 0 Å². The number of hydrogen-bond acceptors (Lipinski definition) is 6. The van der Waals surface area contributed by atoms with Crippen LogP contribution in [-0.4, -0.2) is 53.8 Å². The lowest BCUT2D eigenvalue weighted by Gasteiger charge is -2.32. The maximum Gasteiger partial charge on any atom is 0.409 e.